The Morgan fingerprint density at radius 3 is 2.68 bits per heavy atom. The van der Waals surface area contributed by atoms with Gasteiger partial charge in [0.2, 0.25) is 11.8 Å². The summed E-state index contributed by atoms with van der Waals surface area (Å²) in [5, 5.41) is 3.01. The second-order valence-electron chi connectivity index (χ2n) is 7.03. The molecule has 2 rings (SSSR count). The molecule has 6 heteroatoms. The number of carbonyl (C=O) groups is 2. The van der Waals surface area contributed by atoms with Gasteiger partial charge in [0, 0.05) is 31.2 Å². The Balaban J connectivity index is 0.00000312. The third kappa shape index (κ3) is 5.72. The molecule has 1 fully saturated rings. The number of hydrogen-bond donors (Lipinski definition) is 2. The third-order valence-electron chi connectivity index (χ3n) is 4.97. The lowest BCUT2D eigenvalue weighted by molar-refractivity contribution is -0.129. The summed E-state index contributed by atoms with van der Waals surface area (Å²) in [6.07, 6.45) is 3.86. The Morgan fingerprint density at radius 1 is 1.36 bits per heavy atom. The molecule has 0 aromatic heterocycles. The molecule has 0 heterocycles. The molecule has 0 radical (unpaired) electrons. The average molecular weight is 368 g/mol. The monoisotopic (exact) mass is 367 g/mol. The predicted molar refractivity (Wildman–Crippen MR) is 104 cm³/mol. The molecule has 0 aliphatic heterocycles. The fourth-order valence-electron chi connectivity index (χ4n) is 3.43. The lowest BCUT2D eigenvalue weighted by Gasteiger charge is -2.37. The smallest absolute Gasteiger partial charge is 0.229 e. The number of amides is 2. The normalized spacial score (nSPS) is 22.6. The molecule has 1 aromatic carbocycles. The van der Waals surface area contributed by atoms with Gasteiger partial charge in [0.05, 0.1) is 5.92 Å². The van der Waals surface area contributed by atoms with Crippen LogP contribution in [0.1, 0.15) is 52.0 Å². The number of rotatable bonds is 5. The minimum absolute atomic E-state index is 0. The van der Waals surface area contributed by atoms with Gasteiger partial charge >= 0.3 is 0 Å². The van der Waals surface area contributed by atoms with Crippen LogP contribution in [0, 0.1) is 5.92 Å². The van der Waals surface area contributed by atoms with E-state index >= 15 is 0 Å². The van der Waals surface area contributed by atoms with Crippen LogP contribution in [0.5, 0.6) is 0 Å². The van der Waals surface area contributed by atoms with Crippen molar-refractivity contribution in [3.05, 3.63) is 29.8 Å². The summed E-state index contributed by atoms with van der Waals surface area (Å²) in [5.41, 5.74) is 7.65. The summed E-state index contributed by atoms with van der Waals surface area (Å²) < 4.78 is 0. The molecule has 140 valence electrons. The highest BCUT2D eigenvalue weighted by atomic mass is 35.5. The second kappa shape index (κ2) is 9.20. The Hall–Kier alpha value is -1.59. The topological polar surface area (TPSA) is 75.4 Å². The molecule has 0 saturated heterocycles. The van der Waals surface area contributed by atoms with Crippen LogP contribution in [0.3, 0.4) is 0 Å². The van der Waals surface area contributed by atoms with Gasteiger partial charge in [-0.2, -0.15) is 0 Å². The van der Waals surface area contributed by atoms with Crippen molar-refractivity contribution in [1.29, 1.82) is 0 Å². The Bertz CT molecular complexity index is 604. The van der Waals surface area contributed by atoms with E-state index in [9.17, 15) is 9.59 Å². The molecule has 1 aromatic rings. The predicted octanol–water partition coefficient (Wildman–Crippen LogP) is 3.32. The van der Waals surface area contributed by atoms with Gasteiger partial charge in [-0.25, -0.2) is 0 Å². The lowest BCUT2D eigenvalue weighted by atomic mass is 9.74. The van der Waals surface area contributed by atoms with Gasteiger partial charge in [0.1, 0.15) is 0 Å². The summed E-state index contributed by atoms with van der Waals surface area (Å²) in [6.45, 7) is 6.71. The Morgan fingerprint density at radius 2 is 2.08 bits per heavy atom. The van der Waals surface area contributed by atoms with Crippen LogP contribution in [0.15, 0.2) is 24.3 Å². The van der Waals surface area contributed by atoms with Crippen molar-refractivity contribution in [2.75, 3.05) is 11.9 Å². The molecular formula is C19H30ClN3O2. The number of carbonyl (C=O) groups excluding carboxylic acids is 2. The van der Waals surface area contributed by atoms with E-state index in [4.69, 9.17) is 5.73 Å². The van der Waals surface area contributed by atoms with Gasteiger partial charge in [0.25, 0.3) is 0 Å². The first-order chi connectivity index (χ1) is 11.3. The lowest BCUT2D eigenvalue weighted by Crippen LogP contribution is -2.51. The van der Waals surface area contributed by atoms with Crippen molar-refractivity contribution < 1.29 is 9.59 Å². The standard InChI is InChI=1S/C19H29N3O2.ClH/c1-4-22(14(2)23)13-15-8-7-9-16(12-15)21-18(24)17-10-5-6-11-19(17,3)20;/h7-9,12,17H,4-6,10-11,13,20H2,1-3H3,(H,21,24);1H. The largest absolute Gasteiger partial charge is 0.339 e. The van der Waals surface area contributed by atoms with E-state index in [1.807, 2.05) is 38.1 Å². The van der Waals surface area contributed by atoms with Crippen molar-refractivity contribution in [2.24, 2.45) is 11.7 Å². The van der Waals surface area contributed by atoms with Gasteiger partial charge in [-0.15, -0.1) is 12.4 Å². The highest BCUT2D eigenvalue weighted by Gasteiger charge is 2.37. The SMILES string of the molecule is CCN(Cc1cccc(NC(=O)C2CCCCC2(C)N)c1)C(C)=O.Cl. The molecule has 2 unspecified atom stereocenters. The number of nitrogens with zero attached hydrogens (tertiary/aromatic N) is 1. The van der Waals surface area contributed by atoms with Crippen molar-refractivity contribution in [1.82, 2.24) is 4.90 Å². The second-order valence-corrected chi connectivity index (χ2v) is 7.03. The Kier molecular flexibility index (Phi) is 7.90. The molecule has 2 amide bonds. The highest BCUT2D eigenvalue weighted by Crippen LogP contribution is 2.32. The molecular weight excluding hydrogens is 338 g/mol. The number of hydrogen-bond acceptors (Lipinski definition) is 3. The molecule has 5 nitrogen and oxygen atoms in total. The van der Waals surface area contributed by atoms with Crippen molar-refractivity contribution >= 4 is 29.9 Å². The van der Waals surface area contributed by atoms with E-state index in [1.54, 1.807) is 11.8 Å². The number of nitrogens with two attached hydrogens (primary N) is 1. The molecule has 0 bridgehead atoms. The summed E-state index contributed by atoms with van der Waals surface area (Å²) in [4.78, 5) is 26.0. The van der Waals surface area contributed by atoms with Crippen molar-refractivity contribution in [2.45, 2.75) is 58.5 Å². The van der Waals surface area contributed by atoms with E-state index in [0.717, 1.165) is 36.9 Å². The highest BCUT2D eigenvalue weighted by molar-refractivity contribution is 5.93. The average Bonchev–Trinajstić information content (AvgIpc) is 2.52. The first-order valence-corrected chi connectivity index (χ1v) is 8.77. The quantitative estimate of drug-likeness (QED) is 0.838. The van der Waals surface area contributed by atoms with Crippen LogP contribution >= 0.6 is 12.4 Å². The molecule has 1 aliphatic rings. The summed E-state index contributed by atoms with van der Waals surface area (Å²) >= 11 is 0. The van der Waals surface area contributed by atoms with Crippen LogP contribution in [0.2, 0.25) is 0 Å². The maximum Gasteiger partial charge on any atom is 0.229 e. The maximum atomic E-state index is 12.6. The molecule has 0 spiro atoms. The van der Waals surface area contributed by atoms with Crippen LogP contribution in [-0.4, -0.2) is 28.8 Å². The number of benzene rings is 1. The maximum absolute atomic E-state index is 12.6. The molecule has 2 atom stereocenters. The summed E-state index contributed by atoms with van der Waals surface area (Å²) in [5.74, 6) is -0.108. The van der Waals surface area contributed by atoms with Crippen LogP contribution in [-0.2, 0) is 16.1 Å². The first kappa shape index (κ1) is 21.5. The van der Waals surface area contributed by atoms with Crippen molar-refractivity contribution in [3.8, 4) is 0 Å². The minimum atomic E-state index is -0.437. The third-order valence-corrected chi connectivity index (χ3v) is 4.97. The van der Waals surface area contributed by atoms with E-state index in [-0.39, 0.29) is 30.1 Å². The van der Waals surface area contributed by atoms with Gasteiger partial charge in [-0.05, 0) is 44.4 Å². The molecule has 3 N–H and O–H groups in total. The minimum Gasteiger partial charge on any atom is -0.339 e. The van der Waals surface area contributed by atoms with E-state index in [2.05, 4.69) is 5.32 Å². The van der Waals surface area contributed by atoms with Crippen LogP contribution < -0.4 is 11.1 Å². The number of nitrogens with one attached hydrogen (secondary N) is 1. The zero-order valence-corrected chi connectivity index (χ0v) is 16.2. The Labute approximate surface area is 156 Å². The van der Waals surface area contributed by atoms with E-state index < -0.39 is 5.54 Å². The van der Waals surface area contributed by atoms with Gasteiger partial charge in [0.15, 0.2) is 0 Å². The number of anilines is 1. The van der Waals surface area contributed by atoms with Crippen molar-refractivity contribution in [3.63, 3.8) is 0 Å². The molecule has 1 aliphatic carbocycles. The van der Waals surface area contributed by atoms with Crippen LogP contribution in [0.25, 0.3) is 0 Å². The van der Waals surface area contributed by atoms with Gasteiger partial charge in [-0.1, -0.05) is 25.0 Å². The molecule has 25 heavy (non-hydrogen) atoms. The van der Waals surface area contributed by atoms with Gasteiger partial charge in [-0.3, -0.25) is 9.59 Å². The van der Waals surface area contributed by atoms with E-state index in [1.165, 1.54) is 0 Å². The number of halogens is 1. The summed E-state index contributed by atoms with van der Waals surface area (Å²) in [7, 11) is 0. The molecule has 1 saturated carbocycles. The zero-order valence-electron chi connectivity index (χ0n) is 15.4. The van der Waals surface area contributed by atoms with Crippen LogP contribution in [0.4, 0.5) is 5.69 Å². The summed E-state index contributed by atoms with van der Waals surface area (Å²) in [6, 6.07) is 7.68. The zero-order chi connectivity index (χ0) is 17.7. The van der Waals surface area contributed by atoms with Gasteiger partial charge < -0.3 is 16.0 Å². The fourth-order valence-corrected chi connectivity index (χ4v) is 3.43. The van der Waals surface area contributed by atoms with E-state index in [0.29, 0.717) is 13.1 Å². The first-order valence-electron chi connectivity index (χ1n) is 8.77. The fraction of sp³-hybridized carbons (Fsp3) is 0.579.